The van der Waals surface area contributed by atoms with Crippen molar-refractivity contribution < 1.29 is 4.74 Å². The van der Waals surface area contributed by atoms with Crippen molar-refractivity contribution in [3.05, 3.63) is 53.6 Å². The van der Waals surface area contributed by atoms with Crippen molar-refractivity contribution in [2.75, 3.05) is 12.4 Å². The first-order valence-corrected chi connectivity index (χ1v) is 6.86. The smallest absolute Gasteiger partial charge is 0.234 e. The summed E-state index contributed by atoms with van der Waals surface area (Å²) in [5.41, 5.74) is 4.02. The number of rotatable bonds is 4. The van der Waals surface area contributed by atoms with Gasteiger partial charge in [-0.05, 0) is 32.0 Å². The van der Waals surface area contributed by atoms with Gasteiger partial charge in [0.2, 0.25) is 5.78 Å². The molecule has 108 valence electrons. The number of aryl methyl sites for hydroxylation is 2. The van der Waals surface area contributed by atoms with Crippen molar-refractivity contribution in [2.24, 2.45) is 0 Å². The summed E-state index contributed by atoms with van der Waals surface area (Å²) in [6.45, 7) is 4.66. The summed E-state index contributed by atoms with van der Waals surface area (Å²) in [6.07, 6.45) is 2.01. The Bertz CT molecular complexity index is 779. The van der Waals surface area contributed by atoms with Crippen LogP contribution in [-0.2, 0) is 6.54 Å². The predicted octanol–water partition coefficient (Wildman–Crippen LogP) is 2.97. The highest BCUT2D eigenvalue weighted by molar-refractivity contribution is 5.56. The molecule has 0 aliphatic heterocycles. The monoisotopic (exact) mass is 282 g/mol. The van der Waals surface area contributed by atoms with Crippen LogP contribution in [0.25, 0.3) is 5.78 Å². The van der Waals surface area contributed by atoms with Gasteiger partial charge in [-0.25, -0.2) is 9.97 Å². The Morgan fingerprint density at radius 3 is 2.81 bits per heavy atom. The average Bonchev–Trinajstić information content (AvgIpc) is 2.88. The third-order valence-electron chi connectivity index (χ3n) is 3.38. The SMILES string of the molecule is COc1ccccc1NCc1cn2c(C)cc(C)nc2n1. The van der Waals surface area contributed by atoms with Gasteiger partial charge in [0.05, 0.1) is 25.0 Å². The zero-order chi connectivity index (χ0) is 14.8. The van der Waals surface area contributed by atoms with Crippen molar-refractivity contribution >= 4 is 11.5 Å². The fourth-order valence-corrected chi connectivity index (χ4v) is 2.38. The molecule has 0 atom stereocenters. The number of nitrogens with one attached hydrogen (secondary N) is 1. The van der Waals surface area contributed by atoms with E-state index in [1.165, 1.54) is 0 Å². The third-order valence-corrected chi connectivity index (χ3v) is 3.38. The standard InChI is InChI=1S/C16H18N4O/c1-11-8-12(2)20-10-13(19-16(20)18-11)9-17-14-6-4-5-7-15(14)21-3/h4-8,10,17H,9H2,1-3H3. The van der Waals surface area contributed by atoms with Crippen LogP contribution in [0.4, 0.5) is 5.69 Å². The van der Waals surface area contributed by atoms with Crippen LogP contribution in [-0.4, -0.2) is 21.5 Å². The van der Waals surface area contributed by atoms with E-state index in [4.69, 9.17) is 4.74 Å². The maximum absolute atomic E-state index is 5.33. The Kier molecular flexibility index (Phi) is 3.48. The minimum atomic E-state index is 0.627. The molecular formula is C16H18N4O. The average molecular weight is 282 g/mol. The minimum Gasteiger partial charge on any atom is -0.495 e. The molecule has 5 heteroatoms. The van der Waals surface area contributed by atoms with Crippen molar-refractivity contribution in [2.45, 2.75) is 20.4 Å². The lowest BCUT2D eigenvalue weighted by Crippen LogP contribution is -2.01. The first-order chi connectivity index (χ1) is 10.2. The molecule has 0 bridgehead atoms. The Labute approximate surface area is 123 Å². The van der Waals surface area contributed by atoms with Crippen LogP contribution in [0.5, 0.6) is 5.75 Å². The summed E-state index contributed by atoms with van der Waals surface area (Å²) in [6, 6.07) is 9.89. The number of anilines is 1. The van der Waals surface area contributed by atoms with E-state index in [0.29, 0.717) is 6.54 Å². The molecule has 1 aromatic carbocycles. The van der Waals surface area contributed by atoms with Gasteiger partial charge in [-0.1, -0.05) is 12.1 Å². The number of imidazole rings is 1. The lowest BCUT2D eigenvalue weighted by atomic mass is 10.3. The summed E-state index contributed by atoms with van der Waals surface area (Å²) in [7, 11) is 1.67. The quantitative estimate of drug-likeness (QED) is 0.799. The second-order valence-electron chi connectivity index (χ2n) is 4.99. The molecule has 0 aliphatic carbocycles. The number of ether oxygens (including phenoxy) is 1. The van der Waals surface area contributed by atoms with Crippen molar-refractivity contribution in [1.29, 1.82) is 0 Å². The third kappa shape index (κ3) is 2.67. The molecule has 0 radical (unpaired) electrons. The minimum absolute atomic E-state index is 0.627. The molecule has 0 fully saturated rings. The summed E-state index contributed by atoms with van der Waals surface area (Å²) in [5, 5.41) is 3.35. The van der Waals surface area contributed by atoms with Crippen molar-refractivity contribution in [3.63, 3.8) is 0 Å². The van der Waals surface area contributed by atoms with E-state index >= 15 is 0 Å². The molecule has 21 heavy (non-hydrogen) atoms. The summed E-state index contributed by atoms with van der Waals surface area (Å²) >= 11 is 0. The zero-order valence-electron chi connectivity index (χ0n) is 12.4. The first-order valence-electron chi connectivity index (χ1n) is 6.86. The van der Waals surface area contributed by atoms with Gasteiger partial charge in [0.1, 0.15) is 5.75 Å². The van der Waals surface area contributed by atoms with Gasteiger partial charge >= 0.3 is 0 Å². The predicted molar refractivity (Wildman–Crippen MR) is 82.8 cm³/mol. The van der Waals surface area contributed by atoms with Crippen LogP contribution < -0.4 is 10.1 Å². The molecular weight excluding hydrogens is 264 g/mol. The van der Waals surface area contributed by atoms with E-state index in [2.05, 4.69) is 22.2 Å². The highest BCUT2D eigenvalue weighted by atomic mass is 16.5. The van der Waals surface area contributed by atoms with Crippen LogP contribution in [0.1, 0.15) is 17.1 Å². The number of para-hydroxylation sites is 2. The van der Waals surface area contributed by atoms with E-state index in [0.717, 1.165) is 34.3 Å². The Morgan fingerprint density at radius 1 is 1.19 bits per heavy atom. The second-order valence-corrected chi connectivity index (χ2v) is 4.99. The van der Waals surface area contributed by atoms with Gasteiger partial charge in [-0.3, -0.25) is 4.40 Å². The van der Waals surface area contributed by atoms with Gasteiger partial charge in [0.25, 0.3) is 0 Å². The molecule has 3 aromatic rings. The Balaban J connectivity index is 1.84. The lowest BCUT2D eigenvalue weighted by Gasteiger charge is -2.09. The van der Waals surface area contributed by atoms with Gasteiger partial charge in [0, 0.05) is 17.6 Å². The maximum Gasteiger partial charge on any atom is 0.234 e. The summed E-state index contributed by atoms with van der Waals surface area (Å²) < 4.78 is 7.33. The lowest BCUT2D eigenvalue weighted by molar-refractivity contribution is 0.416. The van der Waals surface area contributed by atoms with Gasteiger partial charge < -0.3 is 10.1 Å². The van der Waals surface area contributed by atoms with Gasteiger partial charge in [0.15, 0.2) is 0 Å². The highest BCUT2D eigenvalue weighted by Crippen LogP contribution is 2.23. The Hall–Kier alpha value is -2.56. The molecule has 1 N–H and O–H groups in total. The number of hydrogen-bond acceptors (Lipinski definition) is 4. The van der Waals surface area contributed by atoms with Crippen LogP contribution in [0.15, 0.2) is 36.5 Å². The largest absolute Gasteiger partial charge is 0.495 e. The summed E-state index contributed by atoms with van der Waals surface area (Å²) in [4.78, 5) is 9.00. The molecule has 0 spiro atoms. The molecule has 0 unspecified atom stereocenters. The van der Waals surface area contributed by atoms with Crippen molar-refractivity contribution in [3.8, 4) is 5.75 Å². The van der Waals surface area contributed by atoms with E-state index in [1.54, 1.807) is 7.11 Å². The topological polar surface area (TPSA) is 51.5 Å². The van der Waals surface area contributed by atoms with E-state index in [-0.39, 0.29) is 0 Å². The van der Waals surface area contributed by atoms with Crippen LogP contribution in [0.3, 0.4) is 0 Å². The van der Waals surface area contributed by atoms with Gasteiger partial charge in [-0.15, -0.1) is 0 Å². The van der Waals surface area contributed by atoms with E-state index in [9.17, 15) is 0 Å². The van der Waals surface area contributed by atoms with E-state index in [1.807, 2.05) is 47.9 Å². The molecule has 2 heterocycles. The second kappa shape index (κ2) is 5.44. The number of aromatic nitrogens is 3. The molecule has 3 rings (SSSR count). The molecule has 5 nitrogen and oxygen atoms in total. The fourth-order valence-electron chi connectivity index (χ4n) is 2.38. The normalized spacial score (nSPS) is 10.8. The van der Waals surface area contributed by atoms with Crippen LogP contribution in [0.2, 0.25) is 0 Å². The zero-order valence-corrected chi connectivity index (χ0v) is 12.4. The Morgan fingerprint density at radius 2 is 2.00 bits per heavy atom. The number of hydrogen-bond donors (Lipinski definition) is 1. The number of nitrogens with zero attached hydrogens (tertiary/aromatic N) is 3. The van der Waals surface area contributed by atoms with E-state index < -0.39 is 0 Å². The van der Waals surface area contributed by atoms with Gasteiger partial charge in [-0.2, -0.15) is 0 Å². The molecule has 0 aliphatic rings. The van der Waals surface area contributed by atoms with Crippen LogP contribution >= 0.6 is 0 Å². The maximum atomic E-state index is 5.33. The first kappa shape index (κ1) is 13.4. The molecule has 0 saturated carbocycles. The molecule has 0 amide bonds. The molecule has 0 saturated heterocycles. The summed E-state index contributed by atoms with van der Waals surface area (Å²) in [5.74, 6) is 1.57. The number of methoxy groups -OCH3 is 1. The number of benzene rings is 1. The highest BCUT2D eigenvalue weighted by Gasteiger charge is 2.07. The molecule has 2 aromatic heterocycles. The fraction of sp³-hybridized carbons (Fsp3) is 0.250. The number of fused-ring (bicyclic) bond motifs is 1. The van der Waals surface area contributed by atoms with Crippen LogP contribution in [0, 0.1) is 13.8 Å². The van der Waals surface area contributed by atoms with Crippen molar-refractivity contribution in [1.82, 2.24) is 14.4 Å².